The van der Waals surface area contributed by atoms with Crippen molar-refractivity contribution in [3.63, 3.8) is 0 Å². The number of allylic oxidation sites excluding steroid dienone is 1. The molecule has 0 aromatic carbocycles. The molecule has 1 heteroatoms. The van der Waals surface area contributed by atoms with Crippen LogP contribution in [0.5, 0.6) is 0 Å². The summed E-state index contributed by atoms with van der Waals surface area (Å²) in [4.78, 5) is 0. The second-order valence-corrected chi connectivity index (χ2v) is 5.46. The Bertz CT molecular complexity index is 161. The van der Waals surface area contributed by atoms with E-state index >= 15 is 0 Å². The summed E-state index contributed by atoms with van der Waals surface area (Å²) >= 11 is 0. The predicted octanol–water partition coefficient (Wildman–Crippen LogP) is 4.97. The molecule has 0 amide bonds. The highest BCUT2D eigenvalue weighted by molar-refractivity contribution is 4.69. The largest absolute Gasteiger partial charge is 0.381 e. The Morgan fingerprint density at radius 2 is 1.81 bits per heavy atom. The van der Waals surface area contributed by atoms with Crippen LogP contribution in [-0.2, 0) is 4.74 Å². The zero-order valence-electron chi connectivity index (χ0n) is 11.6. The molecule has 0 N–H and O–H groups in total. The highest BCUT2D eigenvalue weighted by atomic mass is 16.5. The molecule has 0 fully saturated rings. The minimum atomic E-state index is 0.355. The molecule has 0 unspecified atom stereocenters. The monoisotopic (exact) mass is 226 g/mol. The van der Waals surface area contributed by atoms with E-state index in [1.807, 2.05) is 6.08 Å². The molecule has 0 atom stereocenters. The van der Waals surface area contributed by atoms with E-state index in [9.17, 15) is 0 Å². The van der Waals surface area contributed by atoms with Gasteiger partial charge in [-0.05, 0) is 31.1 Å². The summed E-state index contributed by atoms with van der Waals surface area (Å²) in [5, 5.41) is 0. The Labute approximate surface area is 102 Å². The lowest BCUT2D eigenvalue weighted by Gasteiger charge is -2.24. The number of ether oxygens (including phenoxy) is 1. The lowest BCUT2D eigenvalue weighted by molar-refractivity contribution is 0.0568. The van der Waals surface area contributed by atoms with Crippen molar-refractivity contribution in [1.29, 1.82) is 0 Å². The average Bonchev–Trinajstić information content (AvgIpc) is 2.23. The van der Waals surface area contributed by atoms with E-state index in [4.69, 9.17) is 4.74 Å². The molecule has 0 radical (unpaired) electrons. The van der Waals surface area contributed by atoms with Crippen LogP contribution in [0.2, 0.25) is 0 Å². The van der Waals surface area contributed by atoms with Crippen molar-refractivity contribution in [2.24, 2.45) is 5.41 Å². The van der Waals surface area contributed by atoms with Gasteiger partial charge in [0.05, 0.1) is 6.61 Å². The van der Waals surface area contributed by atoms with Crippen LogP contribution in [-0.4, -0.2) is 13.2 Å². The van der Waals surface area contributed by atoms with Gasteiger partial charge in [0.15, 0.2) is 0 Å². The Morgan fingerprint density at radius 3 is 2.44 bits per heavy atom. The van der Waals surface area contributed by atoms with Gasteiger partial charge in [0.1, 0.15) is 0 Å². The van der Waals surface area contributed by atoms with Gasteiger partial charge in [-0.3, -0.25) is 0 Å². The quantitative estimate of drug-likeness (QED) is 0.357. The molecule has 96 valence electrons. The summed E-state index contributed by atoms with van der Waals surface area (Å²) < 4.78 is 5.63. The second-order valence-electron chi connectivity index (χ2n) is 5.46. The van der Waals surface area contributed by atoms with Crippen LogP contribution < -0.4 is 0 Å². The van der Waals surface area contributed by atoms with E-state index < -0.39 is 0 Å². The third-order valence-corrected chi connectivity index (χ3v) is 2.85. The normalized spacial score (nSPS) is 11.7. The van der Waals surface area contributed by atoms with Gasteiger partial charge in [0, 0.05) is 6.61 Å². The number of hydrogen-bond donors (Lipinski definition) is 0. The minimum Gasteiger partial charge on any atom is -0.381 e. The molecule has 0 heterocycles. The molecule has 0 rings (SSSR count). The standard InChI is InChI=1S/C15H30O/c1-5-7-8-9-10-11-12-15(3,4)14-16-13-6-2/h5H,1,6-14H2,2-4H3. The van der Waals surface area contributed by atoms with E-state index in [0.717, 1.165) is 19.6 Å². The fourth-order valence-corrected chi connectivity index (χ4v) is 1.81. The highest BCUT2D eigenvalue weighted by Crippen LogP contribution is 2.24. The molecule has 0 saturated carbocycles. The van der Waals surface area contributed by atoms with Gasteiger partial charge < -0.3 is 4.74 Å². The molecule has 1 nitrogen and oxygen atoms in total. The van der Waals surface area contributed by atoms with Crippen molar-refractivity contribution >= 4 is 0 Å². The molecular formula is C15H30O. The van der Waals surface area contributed by atoms with E-state index in [0.29, 0.717) is 5.41 Å². The fraction of sp³-hybridized carbons (Fsp3) is 0.867. The molecule has 0 bridgehead atoms. The van der Waals surface area contributed by atoms with Crippen molar-refractivity contribution in [2.45, 2.75) is 65.7 Å². The molecule has 0 aromatic rings. The van der Waals surface area contributed by atoms with E-state index in [-0.39, 0.29) is 0 Å². The summed E-state index contributed by atoms with van der Waals surface area (Å²) in [5.74, 6) is 0. The summed E-state index contributed by atoms with van der Waals surface area (Å²) in [7, 11) is 0. The smallest absolute Gasteiger partial charge is 0.0517 e. The van der Waals surface area contributed by atoms with Crippen molar-refractivity contribution < 1.29 is 4.74 Å². The topological polar surface area (TPSA) is 9.23 Å². The van der Waals surface area contributed by atoms with E-state index in [1.165, 1.54) is 38.5 Å². The molecule has 0 aliphatic heterocycles. The Kier molecular flexibility index (Phi) is 9.71. The number of hydrogen-bond acceptors (Lipinski definition) is 1. The predicted molar refractivity (Wildman–Crippen MR) is 72.8 cm³/mol. The van der Waals surface area contributed by atoms with Crippen LogP contribution in [0, 0.1) is 5.41 Å². The van der Waals surface area contributed by atoms with Crippen molar-refractivity contribution in [3.05, 3.63) is 12.7 Å². The first-order valence-electron chi connectivity index (χ1n) is 6.81. The van der Waals surface area contributed by atoms with Crippen LogP contribution in [0.4, 0.5) is 0 Å². The number of unbranched alkanes of at least 4 members (excludes halogenated alkanes) is 4. The van der Waals surface area contributed by atoms with Gasteiger partial charge in [0.2, 0.25) is 0 Å². The highest BCUT2D eigenvalue weighted by Gasteiger charge is 2.17. The Morgan fingerprint density at radius 1 is 1.12 bits per heavy atom. The third kappa shape index (κ3) is 10.2. The molecule has 0 aromatic heterocycles. The number of rotatable bonds is 11. The average molecular weight is 226 g/mol. The van der Waals surface area contributed by atoms with Crippen LogP contribution in [0.1, 0.15) is 65.7 Å². The summed E-state index contributed by atoms with van der Waals surface area (Å²) in [5.41, 5.74) is 0.355. The van der Waals surface area contributed by atoms with Crippen molar-refractivity contribution in [2.75, 3.05) is 13.2 Å². The second kappa shape index (κ2) is 9.89. The maximum absolute atomic E-state index is 5.63. The lowest BCUT2D eigenvalue weighted by atomic mass is 9.88. The zero-order chi connectivity index (χ0) is 12.3. The van der Waals surface area contributed by atoms with Crippen LogP contribution in [0.25, 0.3) is 0 Å². The van der Waals surface area contributed by atoms with Crippen molar-refractivity contribution in [1.82, 2.24) is 0 Å². The Hall–Kier alpha value is -0.300. The van der Waals surface area contributed by atoms with Gasteiger partial charge in [-0.1, -0.05) is 46.1 Å². The zero-order valence-corrected chi connectivity index (χ0v) is 11.6. The molecule has 0 aliphatic rings. The molecule has 16 heavy (non-hydrogen) atoms. The maximum Gasteiger partial charge on any atom is 0.0517 e. The summed E-state index contributed by atoms with van der Waals surface area (Å²) in [6.07, 6.45) is 10.9. The van der Waals surface area contributed by atoms with Gasteiger partial charge in [0.25, 0.3) is 0 Å². The lowest BCUT2D eigenvalue weighted by Crippen LogP contribution is -2.19. The Balaban J connectivity index is 3.38. The first kappa shape index (κ1) is 15.7. The maximum atomic E-state index is 5.63. The SMILES string of the molecule is C=CCCCCCCC(C)(C)COCCC. The molecule has 0 saturated heterocycles. The minimum absolute atomic E-state index is 0.355. The van der Waals surface area contributed by atoms with Gasteiger partial charge in [-0.2, -0.15) is 0 Å². The van der Waals surface area contributed by atoms with Gasteiger partial charge in [-0.15, -0.1) is 6.58 Å². The van der Waals surface area contributed by atoms with Crippen molar-refractivity contribution in [3.8, 4) is 0 Å². The van der Waals surface area contributed by atoms with Crippen LogP contribution >= 0.6 is 0 Å². The van der Waals surface area contributed by atoms with Gasteiger partial charge >= 0.3 is 0 Å². The van der Waals surface area contributed by atoms with E-state index in [2.05, 4.69) is 27.4 Å². The van der Waals surface area contributed by atoms with Crippen LogP contribution in [0.15, 0.2) is 12.7 Å². The van der Waals surface area contributed by atoms with Gasteiger partial charge in [-0.25, -0.2) is 0 Å². The third-order valence-electron chi connectivity index (χ3n) is 2.85. The summed E-state index contributed by atoms with van der Waals surface area (Å²) in [6.45, 7) is 12.3. The first-order valence-corrected chi connectivity index (χ1v) is 6.81. The summed E-state index contributed by atoms with van der Waals surface area (Å²) in [6, 6.07) is 0. The molecule has 0 spiro atoms. The van der Waals surface area contributed by atoms with E-state index in [1.54, 1.807) is 0 Å². The first-order chi connectivity index (χ1) is 7.62. The molecular weight excluding hydrogens is 196 g/mol. The fourth-order valence-electron chi connectivity index (χ4n) is 1.81. The molecule has 0 aliphatic carbocycles. The van der Waals surface area contributed by atoms with Crippen LogP contribution in [0.3, 0.4) is 0 Å².